The zero-order chi connectivity index (χ0) is 32.3. The molecule has 3 aromatic rings. The molecule has 0 saturated heterocycles. The molecule has 2 heterocycles. The molecular formula is C32H34N6O5S2. The zero-order valence-electron chi connectivity index (χ0n) is 25.7. The van der Waals surface area contributed by atoms with Gasteiger partial charge in [-0.3, -0.25) is 14.5 Å². The second-order valence-corrected chi connectivity index (χ2v) is 13.4. The number of anilines is 2. The average Bonchev–Trinajstić information content (AvgIpc) is 3.48. The van der Waals surface area contributed by atoms with E-state index in [2.05, 4.69) is 21.6 Å². The first-order chi connectivity index (χ1) is 21.6. The van der Waals surface area contributed by atoms with Gasteiger partial charge in [0.1, 0.15) is 11.6 Å². The summed E-state index contributed by atoms with van der Waals surface area (Å²) in [7, 11) is 3.07. The van der Waals surface area contributed by atoms with E-state index in [1.165, 1.54) is 30.2 Å². The number of allylic oxidation sites excluding steroid dienone is 3. The van der Waals surface area contributed by atoms with Crippen LogP contribution in [0.1, 0.15) is 45.1 Å². The molecule has 1 aliphatic carbocycles. The minimum absolute atomic E-state index is 0.0312. The van der Waals surface area contributed by atoms with Crippen LogP contribution in [0.25, 0.3) is 0 Å². The van der Waals surface area contributed by atoms with Crippen LogP contribution in [-0.2, 0) is 9.59 Å². The van der Waals surface area contributed by atoms with Gasteiger partial charge < -0.3 is 25.3 Å². The fourth-order valence-corrected chi connectivity index (χ4v) is 7.25. The second-order valence-electron chi connectivity index (χ2n) is 11.2. The Morgan fingerprint density at radius 3 is 2.56 bits per heavy atom. The molecule has 1 aromatic heterocycles. The number of rotatable bonds is 10. The Morgan fingerprint density at radius 2 is 1.89 bits per heavy atom. The van der Waals surface area contributed by atoms with Crippen molar-refractivity contribution in [3.8, 4) is 23.3 Å². The van der Waals surface area contributed by atoms with E-state index in [1.807, 2.05) is 45.0 Å². The minimum Gasteiger partial charge on any atom is -0.494 e. The second kappa shape index (κ2) is 13.2. The third-order valence-electron chi connectivity index (χ3n) is 7.49. The van der Waals surface area contributed by atoms with Gasteiger partial charge in [-0.25, -0.2) is 0 Å². The van der Waals surface area contributed by atoms with Crippen molar-refractivity contribution in [1.29, 1.82) is 5.26 Å². The number of ether oxygens (including phenoxy) is 3. The van der Waals surface area contributed by atoms with Gasteiger partial charge in [-0.05, 0) is 48.6 Å². The van der Waals surface area contributed by atoms with Crippen LogP contribution in [0.4, 0.5) is 10.8 Å². The first-order valence-electron chi connectivity index (χ1n) is 14.3. The predicted molar refractivity (Wildman–Crippen MR) is 174 cm³/mol. The normalized spacial score (nSPS) is 17.5. The number of methoxy groups -OCH3 is 2. The fraction of sp³-hybridized carbons (Fsp3) is 0.344. The first kappa shape index (κ1) is 31.9. The summed E-state index contributed by atoms with van der Waals surface area (Å²) < 4.78 is 16.7. The molecule has 0 bridgehead atoms. The number of amides is 1. The summed E-state index contributed by atoms with van der Waals surface area (Å²) in [5, 5.41) is 22.3. The van der Waals surface area contributed by atoms with Crippen LogP contribution in [-0.4, -0.2) is 48.5 Å². The molecule has 234 valence electrons. The molecule has 45 heavy (non-hydrogen) atoms. The Kier molecular flexibility index (Phi) is 9.36. The van der Waals surface area contributed by atoms with Crippen LogP contribution in [0.5, 0.6) is 17.2 Å². The lowest BCUT2D eigenvalue weighted by molar-refractivity contribution is -0.118. The third-order valence-corrected chi connectivity index (χ3v) is 9.53. The molecule has 1 atom stereocenters. The number of carbonyl (C=O) groups excluding carboxylic acids is 2. The molecule has 1 aliphatic heterocycles. The van der Waals surface area contributed by atoms with E-state index in [9.17, 15) is 14.9 Å². The number of nitrogens with two attached hydrogens (primary N) is 1. The topological polar surface area (TPSA) is 153 Å². The van der Waals surface area contributed by atoms with Crippen molar-refractivity contribution < 1.29 is 23.8 Å². The van der Waals surface area contributed by atoms with E-state index in [1.54, 1.807) is 30.2 Å². The predicted octanol–water partition coefficient (Wildman–Crippen LogP) is 5.63. The molecule has 0 spiro atoms. The zero-order valence-corrected chi connectivity index (χ0v) is 27.3. The van der Waals surface area contributed by atoms with E-state index in [0.29, 0.717) is 63.1 Å². The molecule has 11 nitrogen and oxygen atoms in total. The Labute approximate surface area is 270 Å². The molecule has 13 heteroatoms. The van der Waals surface area contributed by atoms with Gasteiger partial charge >= 0.3 is 0 Å². The number of Topliss-reactive ketones (excluding diaryl/α,β-unsaturated/α-hetero) is 1. The summed E-state index contributed by atoms with van der Waals surface area (Å²) in [5.74, 6) is 1.18. The van der Waals surface area contributed by atoms with E-state index in [-0.39, 0.29) is 34.3 Å². The molecular weight excluding hydrogens is 613 g/mol. The monoisotopic (exact) mass is 646 g/mol. The number of carbonyl (C=O) groups is 2. The van der Waals surface area contributed by atoms with Gasteiger partial charge in [0.15, 0.2) is 21.6 Å². The van der Waals surface area contributed by atoms with Crippen molar-refractivity contribution in [2.45, 2.75) is 43.9 Å². The van der Waals surface area contributed by atoms with Crippen LogP contribution in [0.15, 0.2) is 69.5 Å². The lowest BCUT2D eigenvalue weighted by atomic mass is 9.68. The quantitative estimate of drug-likeness (QED) is 0.264. The highest BCUT2D eigenvalue weighted by Gasteiger charge is 2.45. The molecule has 0 fully saturated rings. The number of hydrogen-bond donors (Lipinski definition) is 2. The molecule has 5 rings (SSSR count). The number of nitriles is 1. The number of ketones is 1. The lowest BCUT2D eigenvalue weighted by Gasteiger charge is -2.42. The third kappa shape index (κ3) is 6.62. The lowest BCUT2D eigenvalue weighted by Crippen LogP contribution is -2.42. The van der Waals surface area contributed by atoms with Crippen LogP contribution in [0.3, 0.4) is 0 Å². The van der Waals surface area contributed by atoms with Gasteiger partial charge in [-0.2, -0.15) is 5.26 Å². The van der Waals surface area contributed by atoms with Gasteiger partial charge in [0.2, 0.25) is 11.0 Å². The number of aromatic nitrogens is 2. The largest absolute Gasteiger partial charge is 0.494 e. The maximum Gasteiger partial charge on any atom is 0.234 e. The van der Waals surface area contributed by atoms with E-state index in [0.717, 1.165) is 5.56 Å². The van der Waals surface area contributed by atoms with E-state index < -0.39 is 5.92 Å². The van der Waals surface area contributed by atoms with Gasteiger partial charge in [0, 0.05) is 29.4 Å². The van der Waals surface area contributed by atoms with Crippen molar-refractivity contribution in [3.05, 3.63) is 70.7 Å². The highest BCUT2D eigenvalue weighted by atomic mass is 32.2. The Hall–Kier alpha value is -4.54. The van der Waals surface area contributed by atoms with Gasteiger partial charge in [0.05, 0.1) is 44.1 Å². The summed E-state index contributed by atoms with van der Waals surface area (Å²) in [6.45, 7) is 6.52. The van der Waals surface area contributed by atoms with Gasteiger partial charge in [-0.1, -0.05) is 49.1 Å². The number of benzene rings is 2. The van der Waals surface area contributed by atoms with Crippen molar-refractivity contribution in [1.82, 2.24) is 10.2 Å². The number of thioether (sulfide) groups is 1. The summed E-state index contributed by atoms with van der Waals surface area (Å²) in [4.78, 5) is 28.2. The summed E-state index contributed by atoms with van der Waals surface area (Å²) in [5.41, 5.74) is 9.29. The Morgan fingerprint density at radius 1 is 1.16 bits per heavy atom. The molecule has 3 N–H and O–H groups in total. The van der Waals surface area contributed by atoms with Gasteiger partial charge in [0.25, 0.3) is 0 Å². The Balaban J connectivity index is 1.42. The van der Waals surface area contributed by atoms with Crippen molar-refractivity contribution >= 4 is 45.6 Å². The van der Waals surface area contributed by atoms with Crippen molar-refractivity contribution in [2.24, 2.45) is 11.1 Å². The first-order valence-corrected chi connectivity index (χ1v) is 16.1. The standard InChI is InChI=1S/C32H34N6O5S2/c1-6-43-20-10-7-18(8-11-20)27-21(16-33)29(34)38(22-14-32(2,3)15-23(39)28(22)27)30-36-37-31(45-30)44-17-26(40)35-19-9-12-24(41-4)25(13-19)42-5/h7-13,27H,6,14-15,17,34H2,1-5H3,(H,35,40). The minimum atomic E-state index is -0.609. The molecule has 2 aromatic carbocycles. The van der Waals surface area contributed by atoms with Crippen LogP contribution in [0, 0.1) is 16.7 Å². The fourth-order valence-electron chi connectivity index (χ4n) is 5.57. The average molecular weight is 647 g/mol. The maximum atomic E-state index is 13.8. The van der Waals surface area contributed by atoms with Crippen molar-refractivity contribution in [2.75, 3.05) is 36.8 Å². The number of nitrogens with one attached hydrogen (secondary N) is 1. The highest BCUT2D eigenvalue weighted by molar-refractivity contribution is 8.01. The van der Waals surface area contributed by atoms with Crippen LogP contribution >= 0.6 is 23.1 Å². The molecule has 0 radical (unpaired) electrons. The highest BCUT2D eigenvalue weighted by Crippen LogP contribution is 2.51. The summed E-state index contributed by atoms with van der Waals surface area (Å²) in [6, 6.07) is 14.8. The van der Waals surface area contributed by atoms with E-state index >= 15 is 0 Å². The van der Waals surface area contributed by atoms with Gasteiger partial charge in [-0.15, -0.1) is 10.2 Å². The maximum absolute atomic E-state index is 13.8. The van der Waals surface area contributed by atoms with Crippen LogP contribution < -0.4 is 30.2 Å². The molecule has 1 amide bonds. The summed E-state index contributed by atoms with van der Waals surface area (Å²) >= 11 is 2.46. The SMILES string of the molecule is CCOc1ccc(C2C(C#N)=C(N)N(c3nnc(SCC(=O)Nc4ccc(OC)c(OC)c4)s3)C3=C2C(=O)CC(C)(C)C3)cc1. The number of nitrogens with zero attached hydrogens (tertiary/aromatic N) is 4. The molecule has 0 saturated carbocycles. The summed E-state index contributed by atoms with van der Waals surface area (Å²) in [6.07, 6.45) is 0.898. The smallest absolute Gasteiger partial charge is 0.234 e. The van der Waals surface area contributed by atoms with E-state index in [4.69, 9.17) is 19.9 Å². The molecule has 2 aliphatic rings. The number of hydrogen-bond acceptors (Lipinski definition) is 12. The molecule has 1 unspecified atom stereocenters. The Bertz CT molecular complexity index is 1720. The van der Waals surface area contributed by atoms with Crippen molar-refractivity contribution in [3.63, 3.8) is 0 Å². The van der Waals surface area contributed by atoms with Crippen LogP contribution in [0.2, 0.25) is 0 Å².